The Bertz CT molecular complexity index is 700. The van der Waals surface area contributed by atoms with E-state index in [1.54, 1.807) is 0 Å². The number of ether oxygens (including phenoxy) is 1. The van der Waals surface area contributed by atoms with Crippen LogP contribution in [0.5, 0.6) is 11.5 Å². The molecule has 0 fully saturated rings. The topological polar surface area (TPSA) is 109 Å². The second kappa shape index (κ2) is 5.91. The van der Waals surface area contributed by atoms with Crippen molar-refractivity contribution in [2.24, 2.45) is 0 Å². The molecule has 0 saturated heterocycles. The van der Waals surface area contributed by atoms with Crippen LogP contribution in [0.25, 0.3) is 0 Å². The Morgan fingerprint density at radius 3 is 2.67 bits per heavy atom. The first kappa shape index (κ1) is 14.3. The molecule has 21 heavy (non-hydrogen) atoms. The molecule has 0 aliphatic carbocycles. The van der Waals surface area contributed by atoms with E-state index >= 15 is 0 Å². The maximum Gasteiger partial charge on any atom is 0.337 e. The summed E-state index contributed by atoms with van der Waals surface area (Å²) in [6, 6.07) is 6.99. The third-order valence-electron chi connectivity index (χ3n) is 2.71. The van der Waals surface area contributed by atoms with Gasteiger partial charge in [0.15, 0.2) is 5.69 Å². The Labute approximate surface area is 119 Å². The summed E-state index contributed by atoms with van der Waals surface area (Å²) in [7, 11) is 1.41. The number of carbonyl (C=O) groups excluding carboxylic acids is 1. The number of hydrogen-bond acceptors (Lipinski definition) is 5. The highest BCUT2D eigenvalue weighted by Gasteiger charge is 2.17. The first-order valence-corrected chi connectivity index (χ1v) is 5.89. The number of hydrogen-bond donors (Lipinski definition) is 3. The van der Waals surface area contributed by atoms with Crippen LogP contribution in [-0.2, 0) is 0 Å². The third-order valence-corrected chi connectivity index (χ3v) is 2.71. The van der Waals surface area contributed by atoms with E-state index in [1.807, 2.05) is 0 Å². The first-order chi connectivity index (χ1) is 10.0. The molecule has 0 bridgehead atoms. The van der Waals surface area contributed by atoms with Crippen molar-refractivity contribution in [3.8, 4) is 11.5 Å². The van der Waals surface area contributed by atoms with Gasteiger partial charge in [0.25, 0.3) is 5.91 Å². The summed E-state index contributed by atoms with van der Waals surface area (Å²) in [5.41, 5.74) is -0.235. The average molecular weight is 288 g/mol. The number of benzene rings is 1. The highest BCUT2D eigenvalue weighted by atomic mass is 16.5. The maximum atomic E-state index is 12.0. The average Bonchev–Trinajstić information content (AvgIpc) is 2.47. The zero-order valence-corrected chi connectivity index (χ0v) is 11.0. The molecule has 0 radical (unpaired) electrons. The highest BCUT2D eigenvalue weighted by Crippen LogP contribution is 2.23. The molecular formula is C14H12N2O5. The number of amides is 1. The Morgan fingerprint density at radius 1 is 1.29 bits per heavy atom. The van der Waals surface area contributed by atoms with Gasteiger partial charge in [-0.1, -0.05) is 0 Å². The lowest BCUT2D eigenvalue weighted by Gasteiger charge is -2.10. The number of aromatic carboxylic acids is 1. The molecule has 1 amide bonds. The van der Waals surface area contributed by atoms with E-state index in [0.29, 0.717) is 5.75 Å². The van der Waals surface area contributed by atoms with Crippen molar-refractivity contribution in [3.63, 3.8) is 0 Å². The van der Waals surface area contributed by atoms with Crippen molar-refractivity contribution in [2.45, 2.75) is 0 Å². The minimum absolute atomic E-state index is 0.0818. The minimum Gasteiger partial charge on any atom is -0.505 e. The quantitative estimate of drug-likeness (QED) is 0.790. The van der Waals surface area contributed by atoms with Crippen LogP contribution in [-0.4, -0.2) is 34.2 Å². The fraction of sp³-hybridized carbons (Fsp3) is 0.0714. The summed E-state index contributed by atoms with van der Waals surface area (Å²) >= 11 is 0. The van der Waals surface area contributed by atoms with Crippen molar-refractivity contribution < 1.29 is 24.5 Å². The van der Waals surface area contributed by atoms with E-state index in [9.17, 15) is 14.7 Å². The van der Waals surface area contributed by atoms with Crippen LogP contribution < -0.4 is 10.1 Å². The van der Waals surface area contributed by atoms with Gasteiger partial charge in [-0.2, -0.15) is 0 Å². The van der Waals surface area contributed by atoms with Crippen molar-refractivity contribution in [3.05, 3.63) is 47.8 Å². The largest absolute Gasteiger partial charge is 0.505 e. The fourth-order valence-corrected chi connectivity index (χ4v) is 1.69. The molecule has 0 saturated carbocycles. The van der Waals surface area contributed by atoms with Crippen LogP contribution in [0, 0.1) is 0 Å². The molecule has 1 aromatic carbocycles. The second-order valence-corrected chi connectivity index (χ2v) is 4.04. The van der Waals surface area contributed by atoms with Gasteiger partial charge in [0.05, 0.1) is 18.4 Å². The number of carbonyl (C=O) groups is 2. The van der Waals surface area contributed by atoms with E-state index in [1.165, 1.54) is 43.6 Å². The number of carboxylic acids is 1. The van der Waals surface area contributed by atoms with Gasteiger partial charge in [-0.15, -0.1) is 0 Å². The monoisotopic (exact) mass is 288 g/mol. The Balaban J connectivity index is 2.33. The van der Waals surface area contributed by atoms with Gasteiger partial charge in [0, 0.05) is 6.20 Å². The second-order valence-electron chi connectivity index (χ2n) is 4.04. The number of nitrogens with one attached hydrogen (secondary N) is 1. The van der Waals surface area contributed by atoms with Gasteiger partial charge in [0.2, 0.25) is 0 Å². The zero-order valence-electron chi connectivity index (χ0n) is 11.0. The predicted octanol–water partition coefficient (Wildman–Crippen LogP) is 1.75. The zero-order chi connectivity index (χ0) is 15.4. The van der Waals surface area contributed by atoms with Crippen molar-refractivity contribution in [1.82, 2.24) is 4.98 Å². The summed E-state index contributed by atoms with van der Waals surface area (Å²) in [5, 5.41) is 21.1. The SMILES string of the molecule is COc1ccc(NC(=O)c2ncccc2O)c(C(=O)O)c1. The molecule has 7 heteroatoms. The molecule has 108 valence electrons. The molecule has 0 aliphatic rings. The predicted molar refractivity (Wildman–Crippen MR) is 73.8 cm³/mol. The highest BCUT2D eigenvalue weighted by molar-refractivity contribution is 6.08. The van der Waals surface area contributed by atoms with E-state index in [0.717, 1.165) is 0 Å². The molecule has 0 aliphatic heterocycles. The standard InChI is InChI=1S/C14H12N2O5/c1-21-8-4-5-10(9(7-8)14(19)20)16-13(18)12-11(17)3-2-6-15-12/h2-7,17H,1H3,(H,16,18)(H,19,20). The third kappa shape index (κ3) is 3.08. The Morgan fingerprint density at radius 2 is 2.05 bits per heavy atom. The van der Waals surface area contributed by atoms with Crippen molar-refractivity contribution in [2.75, 3.05) is 12.4 Å². The van der Waals surface area contributed by atoms with Crippen molar-refractivity contribution >= 4 is 17.6 Å². The smallest absolute Gasteiger partial charge is 0.337 e. The lowest BCUT2D eigenvalue weighted by atomic mass is 10.1. The number of aromatic nitrogens is 1. The van der Waals surface area contributed by atoms with Gasteiger partial charge in [0.1, 0.15) is 11.5 Å². The molecule has 3 N–H and O–H groups in total. The summed E-state index contributed by atoms with van der Waals surface area (Å²) in [4.78, 5) is 27.0. The lowest BCUT2D eigenvalue weighted by Crippen LogP contribution is -2.16. The van der Waals surface area contributed by atoms with E-state index in [4.69, 9.17) is 9.84 Å². The van der Waals surface area contributed by atoms with Gasteiger partial charge >= 0.3 is 5.97 Å². The number of nitrogens with zero attached hydrogens (tertiary/aromatic N) is 1. The van der Waals surface area contributed by atoms with Gasteiger partial charge in [-0.3, -0.25) is 4.79 Å². The number of rotatable bonds is 4. The van der Waals surface area contributed by atoms with Crippen LogP contribution in [0.3, 0.4) is 0 Å². The lowest BCUT2D eigenvalue weighted by molar-refractivity contribution is 0.0697. The van der Waals surface area contributed by atoms with E-state index < -0.39 is 11.9 Å². The molecule has 7 nitrogen and oxygen atoms in total. The van der Waals surface area contributed by atoms with Crippen LogP contribution in [0.1, 0.15) is 20.8 Å². The Kier molecular flexibility index (Phi) is 4.03. The molecule has 0 unspecified atom stereocenters. The maximum absolute atomic E-state index is 12.0. The van der Waals surface area contributed by atoms with Gasteiger partial charge in [-0.25, -0.2) is 9.78 Å². The van der Waals surface area contributed by atoms with Crippen molar-refractivity contribution in [1.29, 1.82) is 0 Å². The van der Waals surface area contributed by atoms with E-state index in [-0.39, 0.29) is 22.7 Å². The number of anilines is 1. The Hall–Kier alpha value is -3.09. The van der Waals surface area contributed by atoms with E-state index in [2.05, 4.69) is 10.3 Å². The number of pyridine rings is 1. The van der Waals surface area contributed by atoms with Gasteiger partial charge in [-0.05, 0) is 30.3 Å². The van der Waals surface area contributed by atoms with Crippen LogP contribution in [0.15, 0.2) is 36.5 Å². The minimum atomic E-state index is -1.21. The molecule has 2 aromatic rings. The molecule has 1 aromatic heterocycles. The van der Waals surface area contributed by atoms with Crippen LogP contribution >= 0.6 is 0 Å². The molecule has 0 atom stereocenters. The summed E-state index contributed by atoms with van der Waals surface area (Å²) in [6.07, 6.45) is 1.35. The fourth-order valence-electron chi connectivity index (χ4n) is 1.69. The first-order valence-electron chi connectivity index (χ1n) is 5.89. The number of carboxylic acid groups (broad SMARTS) is 1. The van der Waals surface area contributed by atoms with Crippen LogP contribution in [0.4, 0.5) is 5.69 Å². The number of aromatic hydroxyl groups is 1. The summed E-state index contributed by atoms with van der Waals surface area (Å²) in [6.45, 7) is 0. The normalized spacial score (nSPS) is 9.95. The summed E-state index contributed by atoms with van der Waals surface area (Å²) in [5.74, 6) is -1.86. The summed E-state index contributed by atoms with van der Waals surface area (Å²) < 4.78 is 4.94. The molecule has 2 rings (SSSR count). The molecule has 0 spiro atoms. The van der Waals surface area contributed by atoms with Gasteiger partial charge < -0.3 is 20.3 Å². The van der Waals surface area contributed by atoms with Crippen LogP contribution in [0.2, 0.25) is 0 Å². The molecule has 1 heterocycles. The molecular weight excluding hydrogens is 276 g/mol. The number of methoxy groups -OCH3 is 1.